The van der Waals surface area contributed by atoms with Crippen LogP contribution in [0.2, 0.25) is 11.8 Å². The summed E-state index contributed by atoms with van der Waals surface area (Å²) in [6.45, 7) is 4.55. The summed E-state index contributed by atoms with van der Waals surface area (Å²) >= 11 is -2.23. The monoisotopic (exact) mass is 396 g/mol. The van der Waals surface area contributed by atoms with E-state index in [0.717, 1.165) is 0 Å². The van der Waals surface area contributed by atoms with Crippen molar-refractivity contribution < 1.29 is 0 Å². The molecule has 1 heteroatoms. The summed E-state index contributed by atoms with van der Waals surface area (Å²) in [6.07, 6.45) is 23.3. The number of hydrogen-bond donors (Lipinski definition) is 0. The van der Waals surface area contributed by atoms with Gasteiger partial charge < -0.3 is 0 Å². The Kier molecular flexibility index (Phi) is 6.16. The van der Waals surface area contributed by atoms with Gasteiger partial charge in [0.2, 0.25) is 0 Å². The first-order chi connectivity index (χ1) is 10.4. The molecular formula is C20H36Sn. The van der Waals surface area contributed by atoms with Crippen molar-refractivity contribution in [3.8, 4) is 0 Å². The molecule has 0 N–H and O–H groups in total. The van der Waals surface area contributed by atoms with Crippen molar-refractivity contribution in [2.75, 3.05) is 0 Å². The Balaban J connectivity index is 1.87. The summed E-state index contributed by atoms with van der Waals surface area (Å²) in [4.78, 5) is 0. The van der Waals surface area contributed by atoms with Gasteiger partial charge in [0.1, 0.15) is 0 Å². The van der Waals surface area contributed by atoms with Gasteiger partial charge in [0.25, 0.3) is 0 Å². The summed E-state index contributed by atoms with van der Waals surface area (Å²) in [5.74, 6) is 0. The first kappa shape index (κ1) is 16.4. The minimum atomic E-state index is -2.23. The van der Waals surface area contributed by atoms with E-state index in [1.165, 1.54) is 69.6 Å². The van der Waals surface area contributed by atoms with Crippen LogP contribution in [-0.2, 0) is 0 Å². The second kappa shape index (κ2) is 7.88. The summed E-state index contributed by atoms with van der Waals surface area (Å²) in [5, 5.41) is 0. The number of rotatable bonds is 4. The molecule has 0 aliphatic heterocycles. The Morgan fingerprint density at radius 3 is 1.05 bits per heavy atom. The van der Waals surface area contributed by atoms with E-state index >= 15 is 0 Å². The van der Waals surface area contributed by atoms with Crippen LogP contribution < -0.4 is 0 Å². The first-order valence-electron chi connectivity index (χ1n) is 10.0. The van der Waals surface area contributed by atoms with Crippen molar-refractivity contribution in [3.05, 3.63) is 10.7 Å². The van der Waals surface area contributed by atoms with E-state index in [2.05, 4.69) is 10.7 Å². The topological polar surface area (TPSA) is 0 Å². The third kappa shape index (κ3) is 3.40. The van der Waals surface area contributed by atoms with Gasteiger partial charge in [-0.05, 0) is 0 Å². The Morgan fingerprint density at radius 2 is 0.810 bits per heavy atom. The van der Waals surface area contributed by atoms with Crippen LogP contribution in [0.4, 0.5) is 0 Å². The molecular weight excluding hydrogens is 359 g/mol. The molecule has 0 nitrogen and oxygen atoms in total. The molecule has 3 saturated carbocycles. The predicted octanol–water partition coefficient (Wildman–Crippen LogP) is 7.16. The second-order valence-corrected chi connectivity index (χ2v) is 22.1. The maximum absolute atomic E-state index is 4.55. The molecule has 0 heterocycles. The fourth-order valence-corrected chi connectivity index (χ4v) is 26.9. The second-order valence-electron chi connectivity index (χ2n) is 8.21. The summed E-state index contributed by atoms with van der Waals surface area (Å²) in [5.41, 5.74) is 0. The molecule has 0 aromatic heterocycles. The van der Waals surface area contributed by atoms with Crippen LogP contribution in [-0.4, -0.2) is 18.4 Å². The van der Waals surface area contributed by atoms with Gasteiger partial charge in [0.05, 0.1) is 0 Å². The Labute approximate surface area is 137 Å². The quantitative estimate of drug-likeness (QED) is 0.443. The SMILES string of the molecule is C=[CH][Sn]([CH]1CCCCC1)([CH]1CCCCC1)[CH]1CCCCC1. The van der Waals surface area contributed by atoms with Crippen LogP contribution in [0.5, 0.6) is 0 Å². The molecule has 3 aliphatic carbocycles. The van der Waals surface area contributed by atoms with Crippen molar-refractivity contribution in [2.24, 2.45) is 0 Å². The van der Waals surface area contributed by atoms with Crippen molar-refractivity contribution >= 4 is 18.4 Å². The van der Waals surface area contributed by atoms with E-state index < -0.39 is 18.4 Å². The third-order valence-electron chi connectivity index (χ3n) is 7.29. The van der Waals surface area contributed by atoms with Crippen LogP contribution in [0.3, 0.4) is 0 Å². The third-order valence-corrected chi connectivity index (χ3v) is 26.4. The molecule has 0 aromatic rings. The summed E-state index contributed by atoms with van der Waals surface area (Å²) < 4.78 is 6.25. The fourth-order valence-electron chi connectivity index (χ4n) is 6.31. The average Bonchev–Trinajstić information content (AvgIpc) is 2.59. The molecule has 3 rings (SSSR count). The van der Waals surface area contributed by atoms with Crippen LogP contribution in [0.25, 0.3) is 0 Å². The average molecular weight is 395 g/mol. The Bertz CT molecular complexity index is 271. The zero-order valence-corrected chi connectivity index (χ0v) is 17.0. The van der Waals surface area contributed by atoms with E-state index in [1.54, 1.807) is 38.5 Å². The van der Waals surface area contributed by atoms with Crippen LogP contribution in [0.1, 0.15) is 96.3 Å². The molecule has 0 unspecified atom stereocenters. The van der Waals surface area contributed by atoms with Gasteiger partial charge in [-0.1, -0.05) is 0 Å². The molecule has 0 atom stereocenters. The predicted molar refractivity (Wildman–Crippen MR) is 96.5 cm³/mol. The molecule has 21 heavy (non-hydrogen) atoms. The van der Waals surface area contributed by atoms with Crippen LogP contribution in [0, 0.1) is 0 Å². The van der Waals surface area contributed by atoms with Gasteiger partial charge in [-0.25, -0.2) is 0 Å². The molecule has 0 spiro atoms. The van der Waals surface area contributed by atoms with Gasteiger partial charge >= 0.3 is 137 Å². The summed E-state index contributed by atoms with van der Waals surface area (Å²) in [7, 11) is 0. The zero-order valence-electron chi connectivity index (χ0n) is 14.1. The molecule has 0 amide bonds. The molecule has 3 fully saturated rings. The van der Waals surface area contributed by atoms with Gasteiger partial charge in [0.15, 0.2) is 0 Å². The van der Waals surface area contributed by atoms with Crippen molar-refractivity contribution in [1.82, 2.24) is 0 Å². The van der Waals surface area contributed by atoms with Crippen LogP contribution in [0.15, 0.2) is 10.7 Å². The van der Waals surface area contributed by atoms with Crippen molar-refractivity contribution in [1.29, 1.82) is 0 Å². The summed E-state index contributed by atoms with van der Waals surface area (Å²) in [6, 6.07) is 0. The van der Waals surface area contributed by atoms with Crippen LogP contribution >= 0.6 is 0 Å². The minimum absolute atomic E-state index is 1.18. The van der Waals surface area contributed by atoms with Gasteiger partial charge in [0, 0.05) is 0 Å². The van der Waals surface area contributed by atoms with Gasteiger partial charge in [-0.2, -0.15) is 0 Å². The zero-order chi connectivity index (χ0) is 14.5. The first-order valence-corrected chi connectivity index (χ1v) is 16.6. The van der Waals surface area contributed by atoms with E-state index in [1.807, 2.05) is 0 Å². The van der Waals surface area contributed by atoms with E-state index in [4.69, 9.17) is 0 Å². The van der Waals surface area contributed by atoms with Gasteiger partial charge in [-0.15, -0.1) is 0 Å². The van der Waals surface area contributed by atoms with Gasteiger partial charge in [-0.3, -0.25) is 0 Å². The Morgan fingerprint density at radius 1 is 0.524 bits per heavy atom. The Hall–Kier alpha value is 0.539. The van der Waals surface area contributed by atoms with E-state index in [-0.39, 0.29) is 0 Å². The molecule has 0 saturated heterocycles. The molecule has 0 bridgehead atoms. The standard InChI is InChI=1S/3C6H11.C2H3.Sn/c3*1-2-4-6-5-3-1;1-2;/h3*1H,2-6H2;1H,2H2;. The molecule has 120 valence electrons. The number of hydrogen-bond acceptors (Lipinski definition) is 0. The van der Waals surface area contributed by atoms with E-state index in [0.29, 0.717) is 0 Å². The van der Waals surface area contributed by atoms with Crippen molar-refractivity contribution in [2.45, 2.75) is 108 Å². The maximum atomic E-state index is 4.55. The molecule has 3 aliphatic rings. The van der Waals surface area contributed by atoms with Crippen molar-refractivity contribution in [3.63, 3.8) is 0 Å². The fraction of sp³-hybridized carbons (Fsp3) is 0.900. The van der Waals surface area contributed by atoms with E-state index in [9.17, 15) is 0 Å². The molecule has 0 aromatic carbocycles. The normalized spacial score (nSPS) is 27.6. The molecule has 0 radical (unpaired) electrons.